The number of benzene rings is 2. The molecule has 0 amide bonds. The Labute approximate surface area is 184 Å². The first-order valence-corrected chi connectivity index (χ1v) is 12.4. The van der Waals surface area contributed by atoms with Crippen LogP contribution >= 0.6 is 0 Å². The SMILES string of the molecule is CCCc1ccc(S(=O)(=O)N2CCCC(Cc3nc(-c4ccccc4C)no3)C2)cc1. The molecule has 6 nitrogen and oxygen atoms in total. The van der Waals surface area contributed by atoms with Gasteiger partial charge in [0.05, 0.1) is 4.90 Å². The van der Waals surface area contributed by atoms with Crippen LogP contribution in [0.3, 0.4) is 0 Å². The van der Waals surface area contributed by atoms with Crippen LogP contribution in [0.4, 0.5) is 0 Å². The predicted octanol–water partition coefficient (Wildman–Crippen LogP) is 4.64. The van der Waals surface area contributed by atoms with Gasteiger partial charge in [0.25, 0.3) is 0 Å². The molecule has 1 unspecified atom stereocenters. The van der Waals surface area contributed by atoms with Crippen molar-refractivity contribution in [3.8, 4) is 11.4 Å². The molecule has 0 radical (unpaired) electrons. The van der Waals surface area contributed by atoms with Gasteiger partial charge in [-0.3, -0.25) is 0 Å². The highest BCUT2D eigenvalue weighted by molar-refractivity contribution is 7.89. The Morgan fingerprint density at radius 1 is 1.13 bits per heavy atom. The van der Waals surface area contributed by atoms with E-state index < -0.39 is 10.0 Å². The minimum atomic E-state index is -3.50. The van der Waals surface area contributed by atoms with Crippen LogP contribution in [0.2, 0.25) is 0 Å². The molecule has 0 saturated carbocycles. The lowest BCUT2D eigenvalue weighted by Gasteiger charge is -2.31. The number of sulfonamides is 1. The Kier molecular flexibility index (Phi) is 6.53. The van der Waals surface area contributed by atoms with Crippen LogP contribution in [-0.4, -0.2) is 36.0 Å². The van der Waals surface area contributed by atoms with Crippen LogP contribution < -0.4 is 0 Å². The first kappa shape index (κ1) is 21.7. The number of rotatable bonds is 7. The first-order valence-electron chi connectivity index (χ1n) is 10.9. The molecular formula is C24H29N3O3S. The maximum atomic E-state index is 13.2. The van der Waals surface area contributed by atoms with Crippen molar-refractivity contribution in [1.82, 2.24) is 14.4 Å². The van der Waals surface area contributed by atoms with E-state index in [9.17, 15) is 8.42 Å². The fraction of sp³-hybridized carbons (Fsp3) is 0.417. The molecule has 2 aromatic carbocycles. The van der Waals surface area contributed by atoms with E-state index in [0.29, 0.717) is 36.1 Å². The maximum Gasteiger partial charge on any atom is 0.243 e. The molecule has 1 fully saturated rings. The van der Waals surface area contributed by atoms with Gasteiger partial charge in [-0.1, -0.05) is 54.9 Å². The van der Waals surface area contributed by atoms with E-state index >= 15 is 0 Å². The van der Waals surface area contributed by atoms with Gasteiger partial charge in [-0.05, 0) is 55.4 Å². The number of hydrogen-bond donors (Lipinski definition) is 0. The Morgan fingerprint density at radius 3 is 2.65 bits per heavy atom. The molecule has 4 rings (SSSR count). The van der Waals surface area contributed by atoms with Gasteiger partial charge in [-0.25, -0.2) is 8.42 Å². The maximum absolute atomic E-state index is 13.2. The monoisotopic (exact) mass is 439 g/mol. The normalized spacial score (nSPS) is 17.7. The Bertz CT molecular complexity index is 1120. The largest absolute Gasteiger partial charge is 0.339 e. The predicted molar refractivity (Wildman–Crippen MR) is 120 cm³/mol. The highest BCUT2D eigenvalue weighted by Gasteiger charge is 2.31. The molecule has 1 aliphatic rings. The number of aromatic nitrogens is 2. The summed E-state index contributed by atoms with van der Waals surface area (Å²) in [6.07, 6.45) is 4.36. The van der Waals surface area contributed by atoms with Crippen LogP contribution in [0.15, 0.2) is 57.9 Å². The van der Waals surface area contributed by atoms with Crippen LogP contribution in [0.5, 0.6) is 0 Å². The molecular weight excluding hydrogens is 410 g/mol. The summed E-state index contributed by atoms with van der Waals surface area (Å²) in [6, 6.07) is 15.2. The topological polar surface area (TPSA) is 76.3 Å². The lowest BCUT2D eigenvalue weighted by Crippen LogP contribution is -2.40. The molecule has 1 aliphatic heterocycles. The second-order valence-electron chi connectivity index (χ2n) is 8.30. The Morgan fingerprint density at radius 2 is 1.90 bits per heavy atom. The summed E-state index contributed by atoms with van der Waals surface area (Å²) in [5.74, 6) is 1.31. The molecule has 0 spiro atoms. The van der Waals surface area contributed by atoms with Gasteiger partial charge in [0.15, 0.2) is 0 Å². The van der Waals surface area contributed by atoms with Crippen LogP contribution in [-0.2, 0) is 22.9 Å². The summed E-state index contributed by atoms with van der Waals surface area (Å²) in [4.78, 5) is 4.93. The fourth-order valence-corrected chi connectivity index (χ4v) is 5.75. The molecule has 1 aromatic heterocycles. The van der Waals surface area contributed by atoms with E-state index in [-0.39, 0.29) is 5.92 Å². The van der Waals surface area contributed by atoms with Crippen molar-refractivity contribution >= 4 is 10.0 Å². The summed E-state index contributed by atoms with van der Waals surface area (Å²) < 4.78 is 33.4. The molecule has 3 aromatic rings. The van der Waals surface area contributed by atoms with E-state index in [1.54, 1.807) is 16.4 Å². The fourth-order valence-electron chi connectivity index (χ4n) is 4.20. The molecule has 1 atom stereocenters. The van der Waals surface area contributed by atoms with Crippen molar-refractivity contribution in [3.05, 3.63) is 65.5 Å². The summed E-state index contributed by atoms with van der Waals surface area (Å²) in [5.41, 5.74) is 3.21. The summed E-state index contributed by atoms with van der Waals surface area (Å²) in [5, 5.41) is 4.13. The van der Waals surface area contributed by atoms with Gasteiger partial charge in [-0.2, -0.15) is 9.29 Å². The van der Waals surface area contributed by atoms with Crippen molar-refractivity contribution in [2.75, 3.05) is 13.1 Å². The number of aryl methyl sites for hydroxylation is 2. The minimum Gasteiger partial charge on any atom is -0.339 e. The van der Waals surface area contributed by atoms with E-state index in [1.165, 1.54) is 5.56 Å². The van der Waals surface area contributed by atoms with Gasteiger partial charge in [0.2, 0.25) is 21.7 Å². The van der Waals surface area contributed by atoms with Crippen molar-refractivity contribution in [3.63, 3.8) is 0 Å². The Balaban J connectivity index is 1.44. The highest BCUT2D eigenvalue weighted by atomic mass is 32.2. The number of nitrogens with zero attached hydrogens (tertiary/aromatic N) is 3. The second-order valence-corrected chi connectivity index (χ2v) is 10.2. The van der Waals surface area contributed by atoms with Crippen LogP contribution in [0, 0.1) is 12.8 Å². The highest BCUT2D eigenvalue weighted by Crippen LogP contribution is 2.27. The summed E-state index contributed by atoms with van der Waals surface area (Å²) in [6.45, 7) is 5.16. The zero-order chi connectivity index (χ0) is 21.8. The third-order valence-corrected chi connectivity index (χ3v) is 7.78. The van der Waals surface area contributed by atoms with E-state index in [1.807, 2.05) is 43.3 Å². The lowest BCUT2D eigenvalue weighted by atomic mass is 9.96. The molecule has 2 heterocycles. The van der Waals surface area contributed by atoms with Crippen LogP contribution in [0.25, 0.3) is 11.4 Å². The third-order valence-electron chi connectivity index (χ3n) is 5.90. The molecule has 0 aliphatic carbocycles. The van der Waals surface area contributed by atoms with Crippen molar-refractivity contribution in [2.24, 2.45) is 5.92 Å². The standard InChI is InChI=1S/C24H29N3O3S/c1-3-7-19-11-13-21(14-12-19)31(28,29)27-15-6-9-20(17-27)16-23-25-24(26-30-23)22-10-5-4-8-18(22)2/h4-5,8,10-14,20H,3,6-7,9,15-17H2,1-2H3. The number of hydrogen-bond acceptors (Lipinski definition) is 5. The molecule has 7 heteroatoms. The van der Waals surface area contributed by atoms with Crippen molar-refractivity contribution in [1.29, 1.82) is 0 Å². The van der Waals surface area contributed by atoms with Crippen molar-refractivity contribution in [2.45, 2.75) is 50.8 Å². The van der Waals surface area contributed by atoms with Gasteiger partial charge in [0.1, 0.15) is 0 Å². The molecule has 0 N–H and O–H groups in total. The zero-order valence-electron chi connectivity index (χ0n) is 18.1. The van der Waals surface area contributed by atoms with E-state index in [0.717, 1.165) is 36.8 Å². The second kappa shape index (κ2) is 9.32. The van der Waals surface area contributed by atoms with E-state index in [2.05, 4.69) is 17.1 Å². The average Bonchev–Trinajstić information content (AvgIpc) is 3.23. The lowest BCUT2D eigenvalue weighted by molar-refractivity contribution is 0.247. The summed E-state index contributed by atoms with van der Waals surface area (Å²) >= 11 is 0. The Hall–Kier alpha value is -2.51. The molecule has 0 bridgehead atoms. The zero-order valence-corrected chi connectivity index (χ0v) is 18.9. The van der Waals surface area contributed by atoms with Gasteiger partial charge >= 0.3 is 0 Å². The molecule has 1 saturated heterocycles. The van der Waals surface area contributed by atoms with Crippen molar-refractivity contribution < 1.29 is 12.9 Å². The number of piperidine rings is 1. The third kappa shape index (κ3) is 4.88. The minimum absolute atomic E-state index is 0.160. The summed E-state index contributed by atoms with van der Waals surface area (Å²) in [7, 11) is -3.50. The van der Waals surface area contributed by atoms with Gasteiger partial charge in [-0.15, -0.1) is 0 Å². The smallest absolute Gasteiger partial charge is 0.243 e. The quantitative estimate of drug-likeness (QED) is 0.536. The van der Waals surface area contributed by atoms with Gasteiger partial charge in [0, 0.05) is 25.1 Å². The van der Waals surface area contributed by atoms with Gasteiger partial charge < -0.3 is 4.52 Å². The average molecular weight is 440 g/mol. The molecule has 164 valence electrons. The molecule has 31 heavy (non-hydrogen) atoms. The van der Waals surface area contributed by atoms with Crippen LogP contribution in [0.1, 0.15) is 43.2 Å². The first-order chi connectivity index (χ1) is 15.0. The van der Waals surface area contributed by atoms with E-state index in [4.69, 9.17) is 4.52 Å².